The number of ether oxygens (including phenoxy) is 2. The molecule has 1 N–H and O–H groups in total. The lowest BCUT2D eigenvalue weighted by molar-refractivity contribution is -0.150. The van der Waals surface area contributed by atoms with Gasteiger partial charge in [-0.3, -0.25) is 4.79 Å². The van der Waals surface area contributed by atoms with Gasteiger partial charge in [-0.1, -0.05) is 22.0 Å². The molecule has 1 amide bonds. The van der Waals surface area contributed by atoms with Gasteiger partial charge < -0.3 is 14.8 Å². The van der Waals surface area contributed by atoms with Crippen molar-refractivity contribution in [2.45, 2.75) is 19.6 Å². The molecule has 0 spiro atoms. The highest BCUT2D eigenvalue weighted by Gasteiger charge is 2.15. The second-order valence-corrected chi connectivity index (χ2v) is 5.42. The fourth-order valence-electron chi connectivity index (χ4n) is 1.59. The van der Waals surface area contributed by atoms with Crippen molar-refractivity contribution in [3.8, 4) is 5.75 Å². The summed E-state index contributed by atoms with van der Waals surface area (Å²) in [6, 6.07) is 4.37. The predicted octanol–water partition coefficient (Wildman–Crippen LogP) is 3.30. The monoisotopic (exact) mass is 403 g/mol. The summed E-state index contributed by atoms with van der Waals surface area (Å²) in [7, 11) is 0. The first-order valence-corrected chi connectivity index (χ1v) is 7.64. The third-order valence-corrected chi connectivity index (χ3v) is 3.16. The molecular formula is C16H16BrF2NO4. The van der Waals surface area contributed by atoms with E-state index in [-0.39, 0.29) is 17.9 Å². The molecule has 1 aromatic rings. The number of halogens is 3. The Hall–Kier alpha value is -2.22. The molecule has 1 aromatic carbocycles. The summed E-state index contributed by atoms with van der Waals surface area (Å²) in [5, 5.41) is 2.48. The fourth-order valence-corrected chi connectivity index (χ4v) is 1.97. The van der Waals surface area contributed by atoms with E-state index in [0.717, 1.165) is 6.08 Å². The molecule has 130 valence electrons. The van der Waals surface area contributed by atoms with Crippen LogP contribution >= 0.6 is 15.9 Å². The zero-order valence-electron chi connectivity index (χ0n) is 12.8. The summed E-state index contributed by atoms with van der Waals surface area (Å²) >= 11 is 3.20. The largest absolute Gasteiger partial charge is 0.449 e. The van der Waals surface area contributed by atoms with Gasteiger partial charge in [-0.15, -0.1) is 6.58 Å². The van der Waals surface area contributed by atoms with E-state index in [2.05, 4.69) is 32.6 Å². The maximum Gasteiger partial charge on any atom is 0.387 e. The molecule has 0 saturated carbocycles. The Bertz CT molecular complexity index is 635. The molecule has 24 heavy (non-hydrogen) atoms. The molecule has 0 aliphatic rings. The van der Waals surface area contributed by atoms with Gasteiger partial charge in [0.2, 0.25) is 0 Å². The second kappa shape index (κ2) is 9.82. The average molecular weight is 404 g/mol. The molecule has 0 aliphatic carbocycles. The van der Waals surface area contributed by atoms with Gasteiger partial charge in [0.05, 0.1) is 0 Å². The van der Waals surface area contributed by atoms with Crippen LogP contribution in [0.1, 0.15) is 12.5 Å². The van der Waals surface area contributed by atoms with Crippen molar-refractivity contribution in [3.63, 3.8) is 0 Å². The number of carbonyl (C=O) groups excluding carboxylic acids is 2. The molecule has 0 heterocycles. The van der Waals surface area contributed by atoms with Crippen molar-refractivity contribution in [1.82, 2.24) is 5.32 Å². The number of hydrogen-bond donors (Lipinski definition) is 1. The Balaban J connectivity index is 2.74. The van der Waals surface area contributed by atoms with Crippen molar-refractivity contribution >= 4 is 33.9 Å². The smallest absolute Gasteiger partial charge is 0.387 e. The summed E-state index contributed by atoms with van der Waals surface area (Å²) in [4.78, 5) is 23.3. The lowest BCUT2D eigenvalue weighted by atomic mass is 10.2. The van der Waals surface area contributed by atoms with Crippen LogP contribution in [0.15, 0.2) is 41.4 Å². The Morgan fingerprint density at radius 1 is 1.42 bits per heavy atom. The standard InChI is InChI=1S/C16H16BrF2NO4/c1-3-8-20-15(22)10(2)23-14(21)7-4-11-9-12(17)5-6-13(11)24-16(18)19/h3-7,9-10,16H,1,8H2,2H3,(H,20,22)/b7-4+/t10-/m0/s1. The Kier molecular flexibility index (Phi) is 8.11. The second-order valence-electron chi connectivity index (χ2n) is 4.51. The molecule has 8 heteroatoms. The van der Waals surface area contributed by atoms with Gasteiger partial charge in [0.1, 0.15) is 5.75 Å². The Labute approximate surface area is 146 Å². The van der Waals surface area contributed by atoms with Crippen molar-refractivity contribution in [1.29, 1.82) is 0 Å². The van der Waals surface area contributed by atoms with Gasteiger partial charge in [-0.2, -0.15) is 8.78 Å². The highest BCUT2D eigenvalue weighted by molar-refractivity contribution is 9.10. The predicted molar refractivity (Wildman–Crippen MR) is 88.6 cm³/mol. The van der Waals surface area contributed by atoms with Crippen LogP contribution in [0.4, 0.5) is 8.78 Å². The normalized spacial score (nSPS) is 12.0. The molecule has 0 aliphatic heterocycles. The number of carbonyl (C=O) groups is 2. The third kappa shape index (κ3) is 6.91. The summed E-state index contributed by atoms with van der Waals surface area (Å²) in [6.45, 7) is 2.13. The van der Waals surface area contributed by atoms with E-state index in [4.69, 9.17) is 4.74 Å². The summed E-state index contributed by atoms with van der Waals surface area (Å²) in [5.41, 5.74) is 0.255. The number of amides is 1. The van der Waals surface area contributed by atoms with Crippen molar-refractivity contribution in [2.75, 3.05) is 6.54 Å². The highest BCUT2D eigenvalue weighted by Crippen LogP contribution is 2.26. The van der Waals surface area contributed by atoms with E-state index < -0.39 is 24.6 Å². The summed E-state index contributed by atoms with van der Waals surface area (Å²) in [6.07, 6.45) is 2.78. The van der Waals surface area contributed by atoms with Crippen LogP contribution in [0, 0.1) is 0 Å². The van der Waals surface area contributed by atoms with Gasteiger partial charge in [0.15, 0.2) is 6.10 Å². The van der Waals surface area contributed by atoms with Crippen molar-refractivity contribution in [3.05, 3.63) is 47.0 Å². The van der Waals surface area contributed by atoms with Crippen molar-refractivity contribution in [2.24, 2.45) is 0 Å². The minimum atomic E-state index is -2.99. The van der Waals surface area contributed by atoms with Gasteiger partial charge in [-0.05, 0) is 31.2 Å². The van der Waals surface area contributed by atoms with E-state index in [1.54, 1.807) is 0 Å². The first-order chi connectivity index (χ1) is 11.3. The molecule has 0 bridgehead atoms. The van der Waals surface area contributed by atoms with Crippen molar-refractivity contribution < 1.29 is 27.8 Å². The zero-order valence-corrected chi connectivity index (χ0v) is 14.4. The highest BCUT2D eigenvalue weighted by atomic mass is 79.9. The van der Waals surface area contributed by atoms with Gasteiger partial charge in [0.25, 0.3) is 5.91 Å². The number of alkyl halides is 2. The molecule has 1 atom stereocenters. The van der Waals surface area contributed by atoms with Crippen LogP contribution in [0.5, 0.6) is 5.75 Å². The summed E-state index contributed by atoms with van der Waals surface area (Å²) in [5.74, 6) is -1.35. The molecular weight excluding hydrogens is 388 g/mol. The Morgan fingerprint density at radius 3 is 2.75 bits per heavy atom. The topological polar surface area (TPSA) is 64.6 Å². The zero-order chi connectivity index (χ0) is 18.1. The maximum atomic E-state index is 12.4. The summed E-state index contributed by atoms with van der Waals surface area (Å²) < 4.78 is 34.6. The molecule has 1 rings (SSSR count). The van der Waals surface area contributed by atoms with Crippen LogP contribution in [0.3, 0.4) is 0 Å². The van der Waals surface area contributed by atoms with E-state index in [9.17, 15) is 18.4 Å². The fraction of sp³-hybridized carbons (Fsp3) is 0.250. The van der Waals surface area contributed by atoms with Gasteiger partial charge in [0, 0.05) is 22.7 Å². The van der Waals surface area contributed by atoms with E-state index in [1.807, 2.05) is 0 Å². The average Bonchev–Trinajstić information content (AvgIpc) is 2.52. The molecule has 0 saturated heterocycles. The van der Waals surface area contributed by atoms with E-state index in [1.165, 1.54) is 37.3 Å². The Morgan fingerprint density at radius 2 is 2.12 bits per heavy atom. The van der Waals surface area contributed by atoms with E-state index >= 15 is 0 Å². The minimum Gasteiger partial charge on any atom is -0.449 e. The van der Waals surface area contributed by atoms with Crippen LogP contribution < -0.4 is 10.1 Å². The number of benzene rings is 1. The van der Waals surface area contributed by atoms with Crippen LogP contribution in [0.25, 0.3) is 6.08 Å². The number of rotatable bonds is 8. The molecule has 0 fully saturated rings. The van der Waals surface area contributed by atoms with Gasteiger partial charge in [-0.25, -0.2) is 4.79 Å². The van der Waals surface area contributed by atoms with Gasteiger partial charge >= 0.3 is 12.6 Å². The van der Waals surface area contributed by atoms with E-state index in [0.29, 0.717) is 4.47 Å². The van der Waals surface area contributed by atoms with Crippen LogP contribution in [0.2, 0.25) is 0 Å². The lowest BCUT2D eigenvalue weighted by Crippen LogP contribution is -2.35. The van der Waals surface area contributed by atoms with Crippen LogP contribution in [-0.4, -0.2) is 31.1 Å². The molecule has 0 radical (unpaired) electrons. The maximum absolute atomic E-state index is 12.4. The van der Waals surface area contributed by atoms with Crippen LogP contribution in [-0.2, 0) is 14.3 Å². The third-order valence-electron chi connectivity index (χ3n) is 2.67. The quantitative estimate of drug-likeness (QED) is 0.410. The number of esters is 1. The first kappa shape index (κ1) is 19.8. The SMILES string of the molecule is C=CCNC(=O)[C@H](C)OC(=O)/C=C/c1cc(Br)ccc1OC(F)F. The molecule has 0 aromatic heterocycles. The first-order valence-electron chi connectivity index (χ1n) is 6.85. The lowest BCUT2D eigenvalue weighted by Gasteiger charge is -2.11. The molecule has 5 nitrogen and oxygen atoms in total. The molecule has 0 unspecified atom stereocenters. The minimum absolute atomic E-state index is 0.0889. The number of hydrogen-bond acceptors (Lipinski definition) is 4. The number of nitrogens with one attached hydrogen (secondary N) is 1.